The summed E-state index contributed by atoms with van der Waals surface area (Å²) >= 11 is 2.00. The van der Waals surface area contributed by atoms with Gasteiger partial charge in [-0.3, -0.25) is 0 Å². The van der Waals surface area contributed by atoms with Crippen molar-refractivity contribution < 1.29 is 39.2 Å². The standard InChI is InChI=1S/C25H30N2OS.C13H26O2.Ir/c1-14-9-10-16-15-6-4-7-17(23(15)28-24(16)27-14)19-12-18-21(13-26-19)29-20-8-5-11-25(2,3)22(18)20;1-5-10(6-2)12(14)9-13(15)11(7-3)8-4;/h7,9-10,15-16,19,24H,4-6,8,11-13H2,1-3H3;9-12,14-15H,5-8H2,1-4H3;/q-2;;/b;13-9-;/t15-,16?,19+,24-;12-;/m01./s1/i1D3;;. The molecule has 5 atom stereocenters. The summed E-state index contributed by atoms with van der Waals surface area (Å²) in [7, 11) is 0. The zero-order chi connectivity index (χ0) is 34.1. The van der Waals surface area contributed by atoms with E-state index in [-0.39, 0.29) is 60.9 Å². The van der Waals surface area contributed by atoms with Crippen LogP contribution in [0.5, 0.6) is 0 Å². The Hall–Kier alpha value is -1.37. The van der Waals surface area contributed by atoms with Gasteiger partial charge in [-0.15, -0.1) is 30.3 Å². The molecule has 0 amide bonds. The number of allylic oxidation sites excluding steroid dienone is 3. The van der Waals surface area contributed by atoms with Crippen molar-refractivity contribution in [2.75, 3.05) is 0 Å². The maximum Gasteiger partial charge on any atom is 0.175 e. The van der Waals surface area contributed by atoms with Crippen LogP contribution in [0, 0.1) is 30.1 Å². The van der Waals surface area contributed by atoms with Crippen LogP contribution < -0.4 is 0 Å². The van der Waals surface area contributed by atoms with Crippen LogP contribution in [-0.4, -0.2) is 34.3 Å². The normalized spacial score (nSPS) is 28.4. The molecule has 1 aromatic rings. The molecule has 1 fully saturated rings. The largest absolute Gasteiger partial charge is 0.653 e. The summed E-state index contributed by atoms with van der Waals surface area (Å²) in [5.74, 6) is 2.26. The Morgan fingerprint density at radius 1 is 1.22 bits per heavy atom. The number of hydrogen-bond acceptors (Lipinski definition) is 5. The van der Waals surface area contributed by atoms with Crippen LogP contribution >= 0.6 is 11.3 Å². The zero-order valence-electron chi connectivity index (χ0n) is 31.1. The van der Waals surface area contributed by atoms with Crippen LogP contribution in [-0.2, 0) is 49.6 Å². The maximum atomic E-state index is 9.88. The molecule has 1 radical (unpaired) electrons. The zero-order valence-corrected chi connectivity index (χ0v) is 31.3. The molecule has 4 heterocycles. The predicted molar refractivity (Wildman–Crippen MR) is 184 cm³/mol. The van der Waals surface area contributed by atoms with Gasteiger partial charge in [0.1, 0.15) is 0 Å². The molecule has 2 N–H and O–H groups in total. The first-order chi connectivity index (χ1) is 22.3. The van der Waals surface area contributed by atoms with Gasteiger partial charge in [0, 0.05) is 46.6 Å². The monoisotopic (exact) mass is 816 g/mol. The van der Waals surface area contributed by atoms with Gasteiger partial charge in [0.25, 0.3) is 0 Å². The second-order valence-corrected chi connectivity index (χ2v) is 15.1. The van der Waals surface area contributed by atoms with Crippen LogP contribution in [0.4, 0.5) is 0 Å². The summed E-state index contributed by atoms with van der Waals surface area (Å²) < 4.78 is 29.5. The van der Waals surface area contributed by atoms with Gasteiger partial charge < -0.3 is 20.3 Å². The molecule has 5 aliphatic rings. The molecule has 6 rings (SSSR count). The summed E-state index contributed by atoms with van der Waals surface area (Å²) in [5, 5.41) is 24.8. The Balaban J connectivity index is 0.000000279. The van der Waals surface area contributed by atoms with Gasteiger partial charge in [-0.05, 0) is 96.5 Å². The molecule has 0 aromatic carbocycles. The Morgan fingerprint density at radius 3 is 2.67 bits per heavy atom. The fraction of sp³-hybridized carbons (Fsp3) is 0.684. The molecule has 5 nitrogen and oxygen atoms in total. The van der Waals surface area contributed by atoms with Crippen molar-refractivity contribution in [1.82, 2.24) is 0 Å². The molecule has 1 aromatic heterocycles. The summed E-state index contributed by atoms with van der Waals surface area (Å²) in [4.78, 5) is 7.55. The first kappa shape index (κ1) is 32.2. The van der Waals surface area contributed by atoms with E-state index in [1.165, 1.54) is 29.7 Å². The predicted octanol–water partition coefficient (Wildman–Crippen LogP) is 9.69. The van der Waals surface area contributed by atoms with Gasteiger partial charge in [-0.2, -0.15) is 5.57 Å². The first-order valence-electron chi connectivity index (χ1n) is 18.7. The molecule has 45 heavy (non-hydrogen) atoms. The summed E-state index contributed by atoms with van der Waals surface area (Å²) in [6.07, 6.45) is 17.3. The molecule has 2 aliphatic carbocycles. The Labute approximate surface area is 294 Å². The van der Waals surface area contributed by atoms with Crippen molar-refractivity contribution in [3.63, 3.8) is 0 Å². The molecular weight excluding hydrogens is 757 g/mol. The second kappa shape index (κ2) is 15.7. The molecule has 0 saturated carbocycles. The van der Waals surface area contributed by atoms with Crippen LogP contribution in [0.2, 0.25) is 0 Å². The number of aliphatic imine (C=N–C) groups is 1. The second-order valence-electron chi connectivity index (χ2n) is 13.9. The van der Waals surface area contributed by atoms with E-state index < -0.39 is 19.2 Å². The van der Waals surface area contributed by atoms with E-state index in [0.29, 0.717) is 5.76 Å². The third-order valence-electron chi connectivity index (χ3n) is 10.8. The SMILES string of the molecule is CCC(CC)/C(O)=C/[C@@H](O)C(CC)CC.[2H]C([2H])([2H])C1=N[C@H]2OC3=C([C@H]4Cc5c(sc6c5C(C)(C)CCC6)C[N-]4)[CH-]CC[C@H]3C2C=C1.[Ir]. The average molecular weight is 816 g/mol. The number of aliphatic hydroxyl groups is 2. The molecule has 3 aliphatic heterocycles. The number of hydrogen-bond donors (Lipinski definition) is 2. The van der Waals surface area contributed by atoms with E-state index in [0.717, 1.165) is 57.2 Å². The number of nitrogens with zero attached hydrogens (tertiary/aromatic N) is 2. The van der Waals surface area contributed by atoms with Crippen molar-refractivity contribution >= 4 is 17.0 Å². The number of fused-ring (bicyclic) bond motifs is 6. The molecule has 253 valence electrons. The van der Waals surface area contributed by atoms with E-state index in [4.69, 9.17) is 14.2 Å². The van der Waals surface area contributed by atoms with E-state index in [1.807, 2.05) is 17.4 Å². The molecule has 1 unspecified atom stereocenters. The average Bonchev–Trinajstić information content (AvgIpc) is 3.60. The summed E-state index contributed by atoms with van der Waals surface area (Å²) in [6, 6.07) is 0.131. The molecular formula is C38H56IrN2O3S-2. The van der Waals surface area contributed by atoms with Crippen molar-refractivity contribution in [1.29, 1.82) is 0 Å². The van der Waals surface area contributed by atoms with Gasteiger partial charge >= 0.3 is 0 Å². The minimum absolute atomic E-state index is 0. The topological polar surface area (TPSA) is 76.2 Å². The van der Waals surface area contributed by atoms with Gasteiger partial charge in [0.05, 0.1) is 11.9 Å². The number of aryl methyl sites for hydroxylation is 1. The van der Waals surface area contributed by atoms with E-state index in [1.54, 1.807) is 28.2 Å². The van der Waals surface area contributed by atoms with E-state index >= 15 is 0 Å². The van der Waals surface area contributed by atoms with Crippen molar-refractivity contribution in [2.24, 2.45) is 28.7 Å². The molecule has 7 heteroatoms. The van der Waals surface area contributed by atoms with Crippen LogP contribution in [0.15, 0.2) is 40.3 Å². The fourth-order valence-corrected chi connectivity index (χ4v) is 9.59. The quantitative estimate of drug-likeness (QED) is 0.203. The van der Waals surface area contributed by atoms with Crippen molar-refractivity contribution in [3.05, 3.63) is 67.9 Å². The van der Waals surface area contributed by atoms with E-state index in [9.17, 15) is 10.2 Å². The Kier molecular flexibility index (Phi) is 11.2. The van der Waals surface area contributed by atoms with Crippen LogP contribution in [0.1, 0.15) is 125 Å². The maximum absolute atomic E-state index is 9.88. The number of aliphatic hydroxyl groups excluding tert-OH is 2. The fourth-order valence-electron chi connectivity index (χ4n) is 8.09. The van der Waals surface area contributed by atoms with Gasteiger partial charge in [0.15, 0.2) is 6.23 Å². The number of thiophene rings is 1. The number of ether oxygens (including phenoxy) is 1. The van der Waals surface area contributed by atoms with Crippen LogP contribution in [0.25, 0.3) is 5.32 Å². The Bertz CT molecular complexity index is 1390. The van der Waals surface area contributed by atoms with Gasteiger partial charge in [-0.1, -0.05) is 66.9 Å². The Morgan fingerprint density at radius 2 is 1.98 bits per heavy atom. The van der Waals surface area contributed by atoms with E-state index in [2.05, 4.69) is 53.0 Å². The third kappa shape index (κ3) is 7.69. The number of dihydropyridines is 1. The molecule has 0 spiro atoms. The number of rotatable bonds is 8. The third-order valence-corrected chi connectivity index (χ3v) is 12.1. The molecule has 0 bridgehead atoms. The minimum Gasteiger partial charge on any atom is -0.653 e. The molecule has 1 saturated heterocycles. The van der Waals surface area contributed by atoms with Crippen LogP contribution in [0.3, 0.4) is 0 Å². The minimum atomic E-state index is -2.19. The first-order valence-corrected chi connectivity index (χ1v) is 18.0. The van der Waals surface area contributed by atoms with Crippen molar-refractivity contribution in [2.45, 2.75) is 143 Å². The van der Waals surface area contributed by atoms with Gasteiger partial charge in [0.2, 0.25) is 0 Å². The smallest absolute Gasteiger partial charge is 0.175 e. The van der Waals surface area contributed by atoms with Crippen molar-refractivity contribution in [3.8, 4) is 0 Å². The summed E-state index contributed by atoms with van der Waals surface area (Å²) in [6.45, 7) is 11.7. The summed E-state index contributed by atoms with van der Waals surface area (Å²) in [5.41, 5.74) is 4.80. The van der Waals surface area contributed by atoms with Gasteiger partial charge in [-0.25, -0.2) is 11.4 Å².